The molecular formula is C21H29N5O5S2. The van der Waals surface area contributed by atoms with E-state index in [4.69, 9.17) is 15.2 Å². The van der Waals surface area contributed by atoms with Crippen LogP contribution in [-0.4, -0.2) is 57.6 Å². The molecule has 180 valence electrons. The summed E-state index contributed by atoms with van der Waals surface area (Å²) < 4.78 is 12.9. The number of nitrogens with two attached hydrogens (primary N) is 1. The number of hydrogen-bond acceptors (Lipinski definition) is 9. The van der Waals surface area contributed by atoms with Crippen molar-refractivity contribution >= 4 is 45.9 Å². The minimum absolute atomic E-state index is 0.0485. The molecule has 3 rings (SSSR count). The Kier molecular flexibility index (Phi) is 8.49. The van der Waals surface area contributed by atoms with Gasteiger partial charge < -0.3 is 25.1 Å². The van der Waals surface area contributed by atoms with Gasteiger partial charge in [0.2, 0.25) is 5.91 Å². The molecule has 0 saturated carbocycles. The van der Waals surface area contributed by atoms with Crippen LogP contribution in [0, 0.1) is 6.92 Å². The molecule has 2 aromatic heterocycles. The van der Waals surface area contributed by atoms with Gasteiger partial charge in [0.1, 0.15) is 10.8 Å². The van der Waals surface area contributed by atoms with E-state index in [1.807, 2.05) is 18.4 Å². The number of hydrogen-bond donors (Lipinski definition) is 2. The first-order chi connectivity index (χ1) is 15.7. The molecule has 1 unspecified atom stereocenters. The number of thioether (sulfide) groups is 1. The highest BCUT2D eigenvalue weighted by atomic mass is 32.2. The highest BCUT2D eigenvalue weighted by molar-refractivity contribution is 7.99. The van der Waals surface area contributed by atoms with E-state index < -0.39 is 11.9 Å². The third-order valence-electron chi connectivity index (χ3n) is 5.11. The topological polar surface area (TPSA) is 138 Å². The average Bonchev–Trinajstić information content (AvgIpc) is 3.46. The van der Waals surface area contributed by atoms with Gasteiger partial charge in [0.05, 0.1) is 35.4 Å². The molecule has 3 heterocycles. The van der Waals surface area contributed by atoms with Crippen LogP contribution in [0.15, 0.2) is 5.16 Å². The summed E-state index contributed by atoms with van der Waals surface area (Å²) in [6.45, 7) is 8.94. The summed E-state index contributed by atoms with van der Waals surface area (Å²) >= 11 is 2.22. The Bertz CT molecular complexity index is 1030. The highest BCUT2D eigenvalue weighted by Crippen LogP contribution is 2.34. The van der Waals surface area contributed by atoms with Crippen molar-refractivity contribution in [3.8, 4) is 0 Å². The summed E-state index contributed by atoms with van der Waals surface area (Å²) in [6.07, 6.45) is 2.13. The summed E-state index contributed by atoms with van der Waals surface area (Å²) in [5.74, 6) is -0.553. The number of anilines is 1. The number of carbonyl (C=O) groups is 3. The maximum absolute atomic E-state index is 12.7. The Labute approximate surface area is 200 Å². The first-order valence-electron chi connectivity index (χ1n) is 10.8. The quantitative estimate of drug-likeness (QED) is 0.379. The van der Waals surface area contributed by atoms with Crippen LogP contribution in [0.4, 0.5) is 5.00 Å². The van der Waals surface area contributed by atoms with Crippen LogP contribution >= 0.6 is 23.1 Å². The molecule has 2 aromatic rings. The Hall–Kier alpha value is -2.44. The fourth-order valence-electron chi connectivity index (χ4n) is 3.58. The molecule has 0 aliphatic carbocycles. The first kappa shape index (κ1) is 25.2. The molecule has 1 aliphatic rings. The highest BCUT2D eigenvalue weighted by Gasteiger charge is 2.26. The summed E-state index contributed by atoms with van der Waals surface area (Å²) in [4.78, 5) is 37.1. The third-order valence-corrected chi connectivity index (χ3v) is 7.30. The lowest BCUT2D eigenvalue weighted by molar-refractivity contribution is -0.113. The maximum Gasteiger partial charge on any atom is 0.341 e. The molecule has 12 heteroatoms. The minimum Gasteiger partial charge on any atom is -0.462 e. The van der Waals surface area contributed by atoms with Crippen molar-refractivity contribution in [2.45, 2.75) is 64.3 Å². The number of primary amides is 1. The van der Waals surface area contributed by atoms with Crippen LogP contribution in [0.5, 0.6) is 0 Å². The Balaban J connectivity index is 1.74. The Morgan fingerprint density at radius 3 is 2.73 bits per heavy atom. The number of carbonyl (C=O) groups excluding carboxylic acids is 3. The van der Waals surface area contributed by atoms with Gasteiger partial charge in [-0.05, 0) is 32.3 Å². The molecule has 1 aliphatic heterocycles. The SMILES string of the molecule is CCOC(=O)c1c(NC(=O)CSc2nnc(C(C)C)n2CC2CCCO2)sc(C(N)=O)c1C. The van der Waals surface area contributed by atoms with Crippen molar-refractivity contribution < 1.29 is 23.9 Å². The zero-order valence-corrected chi connectivity index (χ0v) is 20.8. The predicted octanol–water partition coefficient (Wildman–Crippen LogP) is 2.96. The van der Waals surface area contributed by atoms with E-state index in [0.717, 1.165) is 36.6 Å². The van der Waals surface area contributed by atoms with E-state index in [1.165, 1.54) is 11.8 Å². The van der Waals surface area contributed by atoms with Crippen LogP contribution < -0.4 is 11.1 Å². The molecule has 1 atom stereocenters. The zero-order chi connectivity index (χ0) is 24.1. The number of rotatable bonds is 10. The van der Waals surface area contributed by atoms with Crippen LogP contribution in [-0.2, 0) is 20.8 Å². The van der Waals surface area contributed by atoms with Crippen LogP contribution in [0.1, 0.15) is 70.9 Å². The van der Waals surface area contributed by atoms with E-state index in [1.54, 1.807) is 13.8 Å². The van der Waals surface area contributed by atoms with Crippen molar-refractivity contribution in [3.05, 3.63) is 21.8 Å². The maximum atomic E-state index is 12.7. The van der Waals surface area contributed by atoms with Gasteiger partial charge in [-0.2, -0.15) is 0 Å². The third kappa shape index (κ3) is 5.92. The van der Waals surface area contributed by atoms with Crippen molar-refractivity contribution in [2.24, 2.45) is 5.73 Å². The van der Waals surface area contributed by atoms with E-state index in [-0.39, 0.29) is 45.7 Å². The standard InChI is InChI=1S/C21H29N5O5S2/c1-5-30-20(29)15-12(4)16(17(22)28)33-19(15)23-14(27)10-32-21-25-24-18(11(2)3)26(21)9-13-7-6-8-31-13/h11,13H,5-10H2,1-4H3,(H2,22,28)(H,23,27). The normalized spacial score (nSPS) is 15.7. The Morgan fingerprint density at radius 1 is 1.36 bits per heavy atom. The average molecular weight is 496 g/mol. The van der Waals surface area contributed by atoms with Crippen LogP contribution in [0.3, 0.4) is 0 Å². The summed E-state index contributed by atoms with van der Waals surface area (Å²) in [5.41, 5.74) is 5.97. The molecular weight excluding hydrogens is 466 g/mol. The van der Waals surface area contributed by atoms with Gasteiger partial charge in [-0.25, -0.2) is 4.79 Å². The number of thiophene rings is 1. The summed E-state index contributed by atoms with van der Waals surface area (Å²) in [6, 6.07) is 0. The van der Waals surface area contributed by atoms with Crippen molar-refractivity contribution in [1.29, 1.82) is 0 Å². The molecule has 1 saturated heterocycles. The van der Waals surface area contributed by atoms with Crippen LogP contribution in [0.2, 0.25) is 0 Å². The fourth-order valence-corrected chi connectivity index (χ4v) is 5.39. The molecule has 0 aromatic carbocycles. The van der Waals surface area contributed by atoms with Crippen molar-refractivity contribution in [2.75, 3.05) is 24.3 Å². The van der Waals surface area contributed by atoms with Crippen molar-refractivity contribution in [3.63, 3.8) is 0 Å². The second kappa shape index (κ2) is 11.1. The van der Waals surface area contributed by atoms with Gasteiger partial charge in [0.15, 0.2) is 5.16 Å². The molecule has 0 spiro atoms. The van der Waals surface area contributed by atoms with Gasteiger partial charge in [0.25, 0.3) is 5.91 Å². The van der Waals surface area contributed by atoms with E-state index >= 15 is 0 Å². The van der Waals surface area contributed by atoms with Gasteiger partial charge >= 0.3 is 5.97 Å². The number of esters is 1. The van der Waals surface area contributed by atoms with Crippen LogP contribution in [0.25, 0.3) is 0 Å². The number of ether oxygens (including phenoxy) is 2. The smallest absolute Gasteiger partial charge is 0.341 e. The van der Waals surface area contributed by atoms with E-state index in [0.29, 0.717) is 17.3 Å². The lowest BCUT2D eigenvalue weighted by Crippen LogP contribution is -2.19. The lowest BCUT2D eigenvalue weighted by atomic mass is 10.1. The van der Waals surface area contributed by atoms with Gasteiger partial charge in [-0.1, -0.05) is 25.6 Å². The largest absolute Gasteiger partial charge is 0.462 e. The number of aromatic nitrogens is 3. The predicted molar refractivity (Wildman–Crippen MR) is 126 cm³/mol. The monoisotopic (exact) mass is 495 g/mol. The molecule has 2 amide bonds. The first-order valence-corrected chi connectivity index (χ1v) is 12.6. The molecule has 0 radical (unpaired) electrons. The number of amides is 2. The van der Waals surface area contributed by atoms with E-state index in [2.05, 4.69) is 15.5 Å². The molecule has 3 N–H and O–H groups in total. The van der Waals surface area contributed by atoms with Gasteiger partial charge in [-0.15, -0.1) is 21.5 Å². The lowest BCUT2D eigenvalue weighted by Gasteiger charge is -2.16. The summed E-state index contributed by atoms with van der Waals surface area (Å²) in [7, 11) is 0. The Morgan fingerprint density at radius 2 is 2.12 bits per heavy atom. The van der Waals surface area contributed by atoms with Gasteiger partial charge in [-0.3, -0.25) is 9.59 Å². The fraction of sp³-hybridized carbons (Fsp3) is 0.571. The summed E-state index contributed by atoms with van der Waals surface area (Å²) in [5, 5.41) is 12.2. The van der Waals surface area contributed by atoms with Gasteiger partial charge in [0, 0.05) is 12.5 Å². The second-order valence-electron chi connectivity index (χ2n) is 7.92. The molecule has 0 bridgehead atoms. The second-order valence-corrected chi connectivity index (χ2v) is 9.89. The zero-order valence-electron chi connectivity index (χ0n) is 19.2. The van der Waals surface area contributed by atoms with E-state index in [9.17, 15) is 14.4 Å². The number of nitrogens with zero attached hydrogens (tertiary/aromatic N) is 3. The van der Waals surface area contributed by atoms with Crippen molar-refractivity contribution in [1.82, 2.24) is 14.8 Å². The molecule has 10 nitrogen and oxygen atoms in total. The number of nitrogens with one attached hydrogen (secondary N) is 1. The molecule has 1 fully saturated rings. The molecule has 33 heavy (non-hydrogen) atoms. The minimum atomic E-state index is -0.665.